The Bertz CT molecular complexity index is 946. The van der Waals surface area contributed by atoms with Gasteiger partial charge in [0.05, 0.1) is 11.1 Å². The SMILES string of the molecule is O=C1OC(=O)c2cc(Oc3ccc(Oc4ccccc4)cc3)ccc21. The van der Waals surface area contributed by atoms with E-state index in [2.05, 4.69) is 4.74 Å². The highest BCUT2D eigenvalue weighted by molar-refractivity contribution is 6.14. The summed E-state index contributed by atoms with van der Waals surface area (Å²) in [6, 6.07) is 21.2. The molecule has 5 heteroatoms. The van der Waals surface area contributed by atoms with Crippen LogP contribution in [-0.4, -0.2) is 11.9 Å². The predicted octanol–water partition coefficient (Wildman–Crippen LogP) is 4.58. The van der Waals surface area contributed by atoms with E-state index in [9.17, 15) is 9.59 Å². The van der Waals surface area contributed by atoms with Gasteiger partial charge in [-0.15, -0.1) is 0 Å². The number of hydrogen-bond acceptors (Lipinski definition) is 5. The van der Waals surface area contributed by atoms with Gasteiger partial charge in [0.2, 0.25) is 0 Å². The number of benzene rings is 3. The van der Waals surface area contributed by atoms with Crippen molar-refractivity contribution in [2.24, 2.45) is 0 Å². The molecule has 1 aliphatic rings. The number of carbonyl (C=O) groups excluding carboxylic acids is 2. The van der Waals surface area contributed by atoms with E-state index in [-0.39, 0.29) is 11.1 Å². The van der Waals surface area contributed by atoms with Gasteiger partial charge >= 0.3 is 11.9 Å². The summed E-state index contributed by atoms with van der Waals surface area (Å²) in [5.74, 6) is 1.17. The van der Waals surface area contributed by atoms with Crippen LogP contribution >= 0.6 is 0 Å². The van der Waals surface area contributed by atoms with Crippen LogP contribution in [-0.2, 0) is 4.74 Å². The molecule has 0 radical (unpaired) electrons. The molecule has 25 heavy (non-hydrogen) atoms. The zero-order valence-electron chi connectivity index (χ0n) is 13.0. The minimum Gasteiger partial charge on any atom is -0.457 e. The molecule has 122 valence electrons. The molecule has 0 saturated heterocycles. The molecule has 0 aromatic heterocycles. The lowest BCUT2D eigenvalue weighted by atomic mass is 10.1. The van der Waals surface area contributed by atoms with E-state index in [0.29, 0.717) is 17.2 Å². The number of fused-ring (bicyclic) bond motifs is 1. The summed E-state index contributed by atoms with van der Waals surface area (Å²) in [6.45, 7) is 0. The number of para-hydroxylation sites is 1. The lowest BCUT2D eigenvalue weighted by molar-refractivity contribution is 0.0443. The average Bonchev–Trinajstić information content (AvgIpc) is 2.91. The molecule has 0 atom stereocenters. The van der Waals surface area contributed by atoms with Crippen LogP contribution in [0.15, 0.2) is 72.8 Å². The third-order valence-corrected chi connectivity index (χ3v) is 3.65. The van der Waals surface area contributed by atoms with Crippen LogP contribution in [0.1, 0.15) is 20.7 Å². The molecule has 1 heterocycles. The third-order valence-electron chi connectivity index (χ3n) is 3.65. The third kappa shape index (κ3) is 3.07. The molecular weight excluding hydrogens is 320 g/mol. The highest BCUT2D eigenvalue weighted by Crippen LogP contribution is 2.29. The van der Waals surface area contributed by atoms with E-state index in [0.717, 1.165) is 5.75 Å². The number of rotatable bonds is 4. The van der Waals surface area contributed by atoms with E-state index in [4.69, 9.17) is 9.47 Å². The summed E-state index contributed by atoms with van der Waals surface area (Å²) in [4.78, 5) is 23.0. The minimum absolute atomic E-state index is 0.214. The molecule has 0 amide bonds. The van der Waals surface area contributed by atoms with Gasteiger partial charge in [0.1, 0.15) is 23.0 Å². The van der Waals surface area contributed by atoms with E-state index >= 15 is 0 Å². The summed E-state index contributed by atoms with van der Waals surface area (Å²) < 4.78 is 16.0. The van der Waals surface area contributed by atoms with E-state index in [1.54, 1.807) is 30.3 Å². The van der Waals surface area contributed by atoms with Gasteiger partial charge in [-0.25, -0.2) is 9.59 Å². The van der Waals surface area contributed by atoms with Crippen molar-refractivity contribution in [2.45, 2.75) is 0 Å². The number of esters is 2. The van der Waals surface area contributed by atoms with Crippen LogP contribution in [0, 0.1) is 0 Å². The fourth-order valence-corrected chi connectivity index (χ4v) is 2.46. The monoisotopic (exact) mass is 332 g/mol. The van der Waals surface area contributed by atoms with Crippen molar-refractivity contribution in [1.82, 2.24) is 0 Å². The molecule has 0 saturated carbocycles. The van der Waals surface area contributed by atoms with Crippen LogP contribution in [0.4, 0.5) is 0 Å². The molecule has 0 fully saturated rings. The molecule has 3 aromatic rings. The van der Waals surface area contributed by atoms with Crippen LogP contribution < -0.4 is 9.47 Å². The zero-order chi connectivity index (χ0) is 17.2. The van der Waals surface area contributed by atoms with Gasteiger partial charge in [0.15, 0.2) is 0 Å². The quantitative estimate of drug-likeness (QED) is 0.517. The number of hydrogen-bond donors (Lipinski definition) is 0. The topological polar surface area (TPSA) is 61.8 Å². The van der Waals surface area contributed by atoms with Crippen molar-refractivity contribution in [3.8, 4) is 23.0 Å². The summed E-state index contributed by atoms with van der Waals surface area (Å²) in [7, 11) is 0. The summed E-state index contributed by atoms with van der Waals surface area (Å²) >= 11 is 0. The zero-order valence-corrected chi connectivity index (χ0v) is 13.0. The van der Waals surface area contributed by atoms with Crippen molar-refractivity contribution in [3.63, 3.8) is 0 Å². The van der Waals surface area contributed by atoms with Crippen molar-refractivity contribution in [2.75, 3.05) is 0 Å². The number of ether oxygens (including phenoxy) is 3. The molecule has 0 spiro atoms. The Kier molecular flexibility index (Phi) is 3.67. The number of cyclic esters (lactones) is 2. The Balaban J connectivity index is 1.49. The van der Waals surface area contributed by atoms with E-state index in [1.165, 1.54) is 12.1 Å². The first-order valence-electron chi connectivity index (χ1n) is 7.60. The highest BCUT2D eigenvalue weighted by Gasteiger charge is 2.29. The van der Waals surface area contributed by atoms with Crippen molar-refractivity contribution in [3.05, 3.63) is 83.9 Å². The van der Waals surface area contributed by atoms with Gasteiger partial charge in [-0.1, -0.05) is 18.2 Å². The van der Waals surface area contributed by atoms with Gasteiger partial charge in [0.25, 0.3) is 0 Å². The Hall–Kier alpha value is -3.60. The predicted molar refractivity (Wildman–Crippen MR) is 89.2 cm³/mol. The van der Waals surface area contributed by atoms with Crippen LogP contribution in [0.5, 0.6) is 23.0 Å². The summed E-state index contributed by atoms with van der Waals surface area (Å²) in [5.41, 5.74) is 0.468. The molecule has 0 N–H and O–H groups in total. The molecular formula is C20H12O5. The molecule has 0 bridgehead atoms. The van der Waals surface area contributed by atoms with E-state index < -0.39 is 11.9 Å². The maximum atomic E-state index is 11.6. The van der Waals surface area contributed by atoms with Gasteiger partial charge in [-0.05, 0) is 54.6 Å². The lowest BCUT2D eigenvalue weighted by Crippen LogP contribution is -1.96. The normalized spacial score (nSPS) is 12.5. The van der Waals surface area contributed by atoms with Crippen molar-refractivity contribution in [1.29, 1.82) is 0 Å². The lowest BCUT2D eigenvalue weighted by Gasteiger charge is -2.08. The van der Waals surface area contributed by atoms with Gasteiger partial charge in [-0.3, -0.25) is 0 Å². The largest absolute Gasteiger partial charge is 0.457 e. The second-order valence-electron chi connectivity index (χ2n) is 5.37. The maximum Gasteiger partial charge on any atom is 0.347 e. The van der Waals surface area contributed by atoms with Gasteiger partial charge in [-0.2, -0.15) is 0 Å². The first kappa shape index (κ1) is 15.0. The molecule has 0 aliphatic carbocycles. The van der Waals surface area contributed by atoms with Crippen LogP contribution in [0.3, 0.4) is 0 Å². The second-order valence-corrected chi connectivity index (χ2v) is 5.37. The Morgan fingerprint density at radius 3 is 1.76 bits per heavy atom. The summed E-state index contributed by atoms with van der Waals surface area (Å²) in [6.07, 6.45) is 0. The molecule has 4 rings (SSSR count). The van der Waals surface area contributed by atoms with Gasteiger partial charge in [0, 0.05) is 0 Å². The Morgan fingerprint density at radius 1 is 0.560 bits per heavy atom. The fraction of sp³-hybridized carbons (Fsp3) is 0. The Labute approximate surface area is 143 Å². The van der Waals surface area contributed by atoms with Crippen molar-refractivity contribution >= 4 is 11.9 Å². The molecule has 3 aromatic carbocycles. The Morgan fingerprint density at radius 2 is 1.08 bits per heavy atom. The molecule has 5 nitrogen and oxygen atoms in total. The molecule has 0 unspecified atom stereocenters. The van der Waals surface area contributed by atoms with Crippen molar-refractivity contribution < 1.29 is 23.8 Å². The fourth-order valence-electron chi connectivity index (χ4n) is 2.46. The van der Waals surface area contributed by atoms with E-state index in [1.807, 2.05) is 30.3 Å². The van der Waals surface area contributed by atoms with Gasteiger partial charge < -0.3 is 14.2 Å². The summed E-state index contributed by atoms with van der Waals surface area (Å²) in [5, 5.41) is 0. The van der Waals surface area contributed by atoms with Crippen LogP contribution in [0.25, 0.3) is 0 Å². The second kappa shape index (κ2) is 6.13. The molecule has 1 aliphatic heterocycles. The number of carbonyl (C=O) groups is 2. The highest BCUT2D eigenvalue weighted by atomic mass is 16.6. The average molecular weight is 332 g/mol. The maximum absolute atomic E-state index is 11.6. The first-order valence-corrected chi connectivity index (χ1v) is 7.60. The standard InChI is InChI=1S/C20H12O5/c21-19-17-11-10-16(12-18(17)20(22)25-19)24-15-8-6-14(7-9-15)23-13-4-2-1-3-5-13/h1-12H. The smallest absolute Gasteiger partial charge is 0.347 e. The first-order chi connectivity index (χ1) is 12.2. The van der Waals surface area contributed by atoms with Crippen LogP contribution in [0.2, 0.25) is 0 Å². The minimum atomic E-state index is -0.656.